The summed E-state index contributed by atoms with van der Waals surface area (Å²) in [6.45, 7) is 3.82. The Hall–Kier alpha value is -2.74. The molecule has 7 nitrogen and oxygen atoms in total. The zero-order chi connectivity index (χ0) is 22.3. The fraction of sp³-hybridized carbons (Fsp3) is 0.409. The quantitative estimate of drug-likeness (QED) is 0.620. The Morgan fingerprint density at radius 3 is 2.20 bits per heavy atom. The highest BCUT2D eigenvalue weighted by atomic mass is 32.2. The lowest BCUT2D eigenvalue weighted by Crippen LogP contribution is -2.41. The molecule has 0 saturated carbocycles. The van der Waals surface area contributed by atoms with Crippen LogP contribution in [0.25, 0.3) is 0 Å². The van der Waals surface area contributed by atoms with Crippen molar-refractivity contribution in [2.24, 2.45) is 5.92 Å². The van der Waals surface area contributed by atoms with E-state index in [1.807, 2.05) is 30.3 Å². The molecule has 1 unspecified atom stereocenters. The third-order valence-electron chi connectivity index (χ3n) is 4.59. The number of nitrogens with one attached hydrogen (secondary N) is 1. The van der Waals surface area contributed by atoms with E-state index in [-0.39, 0.29) is 18.5 Å². The summed E-state index contributed by atoms with van der Waals surface area (Å²) in [4.78, 5) is 12.8. The van der Waals surface area contributed by atoms with Crippen molar-refractivity contribution in [3.63, 3.8) is 0 Å². The van der Waals surface area contributed by atoms with Gasteiger partial charge in [0.25, 0.3) is 0 Å². The molecule has 0 saturated heterocycles. The van der Waals surface area contributed by atoms with Crippen LogP contribution in [-0.2, 0) is 14.8 Å². The number of hydrogen-bond acceptors (Lipinski definition) is 5. The Bertz CT molecular complexity index is 945. The predicted molar refractivity (Wildman–Crippen MR) is 119 cm³/mol. The van der Waals surface area contributed by atoms with E-state index in [9.17, 15) is 13.2 Å². The summed E-state index contributed by atoms with van der Waals surface area (Å²) in [5, 5.41) is 2.99. The van der Waals surface area contributed by atoms with Gasteiger partial charge in [-0.3, -0.25) is 9.10 Å². The van der Waals surface area contributed by atoms with Crippen molar-refractivity contribution in [3.05, 3.63) is 54.1 Å². The number of amides is 1. The highest BCUT2D eigenvalue weighted by Crippen LogP contribution is 2.32. The van der Waals surface area contributed by atoms with Crippen molar-refractivity contribution in [2.75, 3.05) is 31.3 Å². The first kappa shape index (κ1) is 23.5. The summed E-state index contributed by atoms with van der Waals surface area (Å²) >= 11 is 0. The lowest BCUT2D eigenvalue weighted by molar-refractivity contribution is -0.120. The number of sulfonamides is 1. The number of ether oxygens (including phenoxy) is 2. The van der Waals surface area contributed by atoms with Gasteiger partial charge in [-0.05, 0) is 30.0 Å². The van der Waals surface area contributed by atoms with Gasteiger partial charge >= 0.3 is 0 Å². The summed E-state index contributed by atoms with van der Waals surface area (Å²) < 4.78 is 36.4. The molecule has 1 atom stereocenters. The molecule has 2 aromatic carbocycles. The number of rotatable bonds is 10. The van der Waals surface area contributed by atoms with E-state index < -0.39 is 10.0 Å². The summed E-state index contributed by atoms with van der Waals surface area (Å²) in [7, 11) is -0.739. The molecule has 1 amide bonds. The Labute approximate surface area is 179 Å². The number of carbonyl (C=O) groups excluding carboxylic acids is 1. The Morgan fingerprint density at radius 2 is 1.67 bits per heavy atom. The van der Waals surface area contributed by atoms with Crippen molar-refractivity contribution in [1.82, 2.24) is 5.32 Å². The van der Waals surface area contributed by atoms with Gasteiger partial charge < -0.3 is 14.8 Å². The Morgan fingerprint density at radius 1 is 1.03 bits per heavy atom. The molecule has 0 heterocycles. The van der Waals surface area contributed by atoms with Gasteiger partial charge in [-0.2, -0.15) is 0 Å². The fourth-order valence-corrected chi connectivity index (χ4v) is 4.03. The van der Waals surface area contributed by atoms with Crippen molar-refractivity contribution in [1.29, 1.82) is 0 Å². The lowest BCUT2D eigenvalue weighted by Gasteiger charge is -2.26. The van der Waals surface area contributed by atoms with Crippen LogP contribution in [0.3, 0.4) is 0 Å². The van der Waals surface area contributed by atoms with Crippen molar-refractivity contribution in [2.45, 2.75) is 26.3 Å². The molecule has 0 fully saturated rings. The van der Waals surface area contributed by atoms with Gasteiger partial charge in [-0.25, -0.2) is 8.42 Å². The summed E-state index contributed by atoms with van der Waals surface area (Å²) in [6, 6.07) is 14.2. The van der Waals surface area contributed by atoms with Crippen molar-refractivity contribution in [3.8, 4) is 11.5 Å². The third-order valence-corrected chi connectivity index (χ3v) is 5.73. The van der Waals surface area contributed by atoms with Crippen LogP contribution < -0.4 is 19.1 Å². The van der Waals surface area contributed by atoms with Crippen LogP contribution in [0.1, 0.15) is 31.9 Å². The van der Waals surface area contributed by atoms with Gasteiger partial charge in [0.2, 0.25) is 15.9 Å². The van der Waals surface area contributed by atoms with Crippen LogP contribution in [0, 0.1) is 5.92 Å². The summed E-state index contributed by atoms with van der Waals surface area (Å²) in [5.74, 6) is 0.823. The molecule has 2 aromatic rings. The van der Waals surface area contributed by atoms with E-state index in [1.165, 1.54) is 20.3 Å². The highest BCUT2D eigenvalue weighted by Gasteiger charge is 2.24. The number of nitrogens with zero attached hydrogens (tertiary/aromatic N) is 1. The summed E-state index contributed by atoms with van der Waals surface area (Å²) in [5.41, 5.74) is 1.31. The SMILES string of the molecule is COc1ccc(N(CC(=O)NC(CC(C)C)c2ccccc2)S(C)(=O)=O)cc1OC. The van der Waals surface area contributed by atoms with Gasteiger partial charge in [-0.15, -0.1) is 0 Å². The first-order valence-electron chi connectivity index (χ1n) is 9.69. The maximum Gasteiger partial charge on any atom is 0.241 e. The van der Waals surface area contributed by atoms with E-state index in [0.717, 1.165) is 22.5 Å². The average Bonchev–Trinajstić information content (AvgIpc) is 2.70. The minimum absolute atomic E-state index is 0.203. The van der Waals surface area contributed by atoms with E-state index in [0.29, 0.717) is 23.1 Å². The number of anilines is 1. The number of carbonyl (C=O) groups is 1. The maximum absolute atomic E-state index is 12.8. The zero-order valence-corrected chi connectivity index (χ0v) is 18.9. The van der Waals surface area contributed by atoms with Crippen LogP contribution in [0.5, 0.6) is 11.5 Å². The van der Waals surface area contributed by atoms with E-state index in [2.05, 4.69) is 19.2 Å². The molecule has 0 radical (unpaired) electrons. The van der Waals surface area contributed by atoms with Crippen LogP contribution >= 0.6 is 0 Å². The largest absolute Gasteiger partial charge is 0.493 e. The van der Waals surface area contributed by atoms with Gasteiger partial charge in [-0.1, -0.05) is 44.2 Å². The molecular weight excluding hydrogens is 404 g/mol. The summed E-state index contributed by atoms with van der Waals surface area (Å²) in [6.07, 6.45) is 1.81. The second-order valence-electron chi connectivity index (χ2n) is 7.47. The Balaban J connectivity index is 2.27. The standard InChI is InChI=1S/C22H30N2O5S/c1-16(2)13-19(17-9-7-6-8-10-17)23-22(25)15-24(30(5,26)27)18-11-12-20(28-3)21(14-18)29-4/h6-12,14,16,19H,13,15H2,1-5H3,(H,23,25). The smallest absolute Gasteiger partial charge is 0.241 e. The first-order chi connectivity index (χ1) is 14.2. The number of hydrogen-bond donors (Lipinski definition) is 1. The average molecular weight is 435 g/mol. The van der Waals surface area contributed by atoms with Gasteiger partial charge in [0.05, 0.1) is 32.2 Å². The topological polar surface area (TPSA) is 84.9 Å². The second-order valence-corrected chi connectivity index (χ2v) is 9.38. The maximum atomic E-state index is 12.8. The van der Waals surface area contributed by atoms with Crippen LogP contribution in [-0.4, -0.2) is 41.3 Å². The third kappa shape index (κ3) is 6.38. The molecule has 0 aliphatic heterocycles. The normalized spacial score (nSPS) is 12.3. The molecule has 8 heteroatoms. The lowest BCUT2D eigenvalue weighted by atomic mass is 9.97. The van der Waals surface area contributed by atoms with Crippen molar-refractivity contribution < 1.29 is 22.7 Å². The van der Waals surface area contributed by atoms with Crippen LogP contribution in [0.15, 0.2) is 48.5 Å². The number of methoxy groups -OCH3 is 2. The molecule has 0 aliphatic rings. The minimum Gasteiger partial charge on any atom is -0.493 e. The Kier molecular flexibility index (Phi) is 8.11. The number of benzene rings is 2. The molecule has 30 heavy (non-hydrogen) atoms. The minimum atomic E-state index is -3.70. The molecule has 0 bridgehead atoms. The molecular formula is C22H30N2O5S. The van der Waals surface area contributed by atoms with E-state index in [1.54, 1.807) is 12.1 Å². The zero-order valence-electron chi connectivity index (χ0n) is 18.1. The predicted octanol–water partition coefficient (Wildman–Crippen LogP) is 3.37. The van der Waals surface area contributed by atoms with Crippen LogP contribution in [0.4, 0.5) is 5.69 Å². The monoisotopic (exact) mass is 434 g/mol. The first-order valence-corrected chi connectivity index (χ1v) is 11.5. The van der Waals surface area contributed by atoms with Crippen LogP contribution in [0.2, 0.25) is 0 Å². The second kappa shape index (κ2) is 10.3. The molecule has 164 valence electrons. The van der Waals surface area contributed by atoms with E-state index >= 15 is 0 Å². The molecule has 1 N–H and O–H groups in total. The molecule has 2 rings (SSSR count). The van der Waals surface area contributed by atoms with Crippen molar-refractivity contribution >= 4 is 21.6 Å². The highest BCUT2D eigenvalue weighted by molar-refractivity contribution is 7.92. The molecule has 0 spiro atoms. The van der Waals surface area contributed by atoms with E-state index in [4.69, 9.17) is 9.47 Å². The molecule has 0 aliphatic carbocycles. The van der Waals surface area contributed by atoms with Gasteiger partial charge in [0, 0.05) is 6.07 Å². The molecule has 0 aromatic heterocycles. The fourth-order valence-electron chi connectivity index (χ4n) is 3.19. The van der Waals surface area contributed by atoms with Gasteiger partial charge in [0.1, 0.15) is 6.54 Å². The van der Waals surface area contributed by atoms with Gasteiger partial charge in [0.15, 0.2) is 11.5 Å².